The van der Waals surface area contributed by atoms with Crippen LogP contribution in [0, 0.1) is 13.8 Å². The molecule has 0 aromatic carbocycles. The molecule has 19 heavy (non-hydrogen) atoms. The van der Waals surface area contributed by atoms with Crippen LogP contribution in [0.25, 0.3) is 0 Å². The predicted octanol–water partition coefficient (Wildman–Crippen LogP) is 3.12. The highest BCUT2D eigenvalue weighted by atomic mass is 19.4. The number of aromatic nitrogens is 1. The van der Waals surface area contributed by atoms with Gasteiger partial charge in [0.2, 0.25) is 5.88 Å². The average Bonchev–Trinajstić information content (AvgIpc) is 2.21. The molecule has 0 amide bonds. The maximum Gasteiger partial charge on any atom is 0.389 e. The summed E-state index contributed by atoms with van der Waals surface area (Å²) in [5.74, 6) is -1.34. The van der Waals surface area contributed by atoms with Crippen LogP contribution in [-0.4, -0.2) is 28.8 Å². The van der Waals surface area contributed by atoms with Gasteiger partial charge in [0, 0.05) is 12.1 Å². The molecule has 1 aromatic rings. The van der Waals surface area contributed by atoms with Crippen molar-refractivity contribution in [3.63, 3.8) is 0 Å². The van der Waals surface area contributed by atoms with E-state index >= 15 is 0 Å². The van der Waals surface area contributed by atoms with Crippen molar-refractivity contribution in [1.82, 2.24) is 4.98 Å². The first-order valence-electron chi connectivity index (χ1n) is 5.62. The first kappa shape index (κ1) is 15.3. The maximum absolute atomic E-state index is 12.0. The molecule has 0 atom stereocenters. The molecule has 0 saturated heterocycles. The van der Waals surface area contributed by atoms with Crippen molar-refractivity contribution >= 4 is 5.97 Å². The van der Waals surface area contributed by atoms with Crippen molar-refractivity contribution in [2.45, 2.75) is 32.9 Å². The second kappa shape index (κ2) is 5.90. The molecule has 0 fully saturated rings. The Morgan fingerprint density at radius 3 is 2.58 bits per heavy atom. The highest BCUT2D eigenvalue weighted by Crippen LogP contribution is 2.23. The topological polar surface area (TPSA) is 59.4 Å². The van der Waals surface area contributed by atoms with Crippen LogP contribution in [0.2, 0.25) is 0 Å². The van der Waals surface area contributed by atoms with E-state index in [9.17, 15) is 18.0 Å². The van der Waals surface area contributed by atoms with E-state index in [1.165, 1.54) is 0 Å². The zero-order valence-electron chi connectivity index (χ0n) is 10.5. The molecule has 106 valence electrons. The minimum absolute atomic E-state index is 0.113. The summed E-state index contributed by atoms with van der Waals surface area (Å²) >= 11 is 0. The number of pyridine rings is 1. The molecule has 1 rings (SSSR count). The lowest BCUT2D eigenvalue weighted by Crippen LogP contribution is -2.12. The lowest BCUT2D eigenvalue weighted by Gasteiger charge is -2.11. The number of carboxylic acid groups (broad SMARTS) is 1. The van der Waals surface area contributed by atoms with Crippen LogP contribution in [0.5, 0.6) is 5.88 Å². The minimum atomic E-state index is -4.24. The predicted molar refractivity (Wildman–Crippen MR) is 61.5 cm³/mol. The van der Waals surface area contributed by atoms with Gasteiger partial charge in [0.05, 0.1) is 6.61 Å². The summed E-state index contributed by atoms with van der Waals surface area (Å²) in [4.78, 5) is 15.0. The number of alkyl halides is 3. The monoisotopic (exact) mass is 277 g/mol. The highest BCUT2D eigenvalue weighted by molar-refractivity contribution is 5.91. The van der Waals surface area contributed by atoms with E-state index in [0.29, 0.717) is 11.3 Å². The Hall–Kier alpha value is -1.79. The number of hydrogen-bond acceptors (Lipinski definition) is 3. The molecule has 0 aliphatic heterocycles. The third kappa shape index (κ3) is 4.76. The van der Waals surface area contributed by atoms with Gasteiger partial charge in [-0.2, -0.15) is 13.2 Å². The fourth-order valence-electron chi connectivity index (χ4n) is 1.61. The van der Waals surface area contributed by atoms with Gasteiger partial charge in [-0.25, -0.2) is 9.78 Å². The third-order valence-corrected chi connectivity index (χ3v) is 2.37. The van der Waals surface area contributed by atoms with Crippen molar-refractivity contribution in [1.29, 1.82) is 0 Å². The van der Waals surface area contributed by atoms with Crippen molar-refractivity contribution < 1.29 is 27.8 Å². The zero-order chi connectivity index (χ0) is 14.6. The first-order valence-corrected chi connectivity index (χ1v) is 5.62. The quantitative estimate of drug-likeness (QED) is 0.840. The summed E-state index contributed by atoms with van der Waals surface area (Å²) in [5.41, 5.74) is 0.900. The van der Waals surface area contributed by atoms with Gasteiger partial charge in [0.15, 0.2) is 0 Å². The molecule has 0 saturated carbocycles. The second-order valence-corrected chi connectivity index (χ2v) is 4.13. The van der Waals surface area contributed by atoms with Crippen molar-refractivity contribution in [3.8, 4) is 5.88 Å². The summed E-state index contributed by atoms with van der Waals surface area (Å²) in [6.07, 6.45) is -5.45. The molecular formula is C12H14F3NO3. The number of aromatic carboxylic acids is 1. The second-order valence-electron chi connectivity index (χ2n) is 4.13. The lowest BCUT2D eigenvalue weighted by molar-refractivity contribution is -0.136. The number of aryl methyl sites for hydroxylation is 2. The molecule has 7 heteroatoms. The Balaban J connectivity index is 2.75. The molecule has 0 aliphatic carbocycles. The van der Waals surface area contributed by atoms with Gasteiger partial charge >= 0.3 is 12.1 Å². The van der Waals surface area contributed by atoms with E-state index in [-0.39, 0.29) is 24.5 Å². The van der Waals surface area contributed by atoms with E-state index in [1.807, 2.05) is 0 Å². The van der Waals surface area contributed by atoms with E-state index in [1.54, 1.807) is 19.9 Å². The fourth-order valence-corrected chi connectivity index (χ4v) is 1.61. The third-order valence-electron chi connectivity index (χ3n) is 2.37. The number of rotatable bonds is 5. The van der Waals surface area contributed by atoms with Crippen LogP contribution < -0.4 is 4.74 Å². The number of carbonyl (C=O) groups is 1. The van der Waals surface area contributed by atoms with Gasteiger partial charge in [0.25, 0.3) is 0 Å². The molecule has 0 radical (unpaired) electrons. The molecule has 1 N–H and O–H groups in total. The number of carboxylic acids is 1. The molecule has 0 spiro atoms. The Morgan fingerprint density at radius 2 is 2.05 bits per heavy atom. The van der Waals surface area contributed by atoms with Crippen molar-refractivity contribution in [2.24, 2.45) is 0 Å². The SMILES string of the molecule is Cc1cc(C)c(C(=O)O)c(OCCCC(F)(F)F)n1. The Labute approximate surface area is 108 Å². The maximum atomic E-state index is 12.0. The summed E-state index contributed by atoms with van der Waals surface area (Å²) in [5, 5.41) is 9.02. The normalized spacial score (nSPS) is 11.4. The van der Waals surface area contributed by atoms with Gasteiger partial charge in [-0.15, -0.1) is 0 Å². The minimum Gasteiger partial charge on any atom is -0.477 e. The summed E-state index contributed by atoms with van der Waals surface area (Å²) in [6.45, 7) is 3.01. The van der Waals surface area contributed by atoms with Crippen LogP contribution in [0.15, 0.2) is 6.07 Å². The van der Waals surface area contributed by atoms with Crippen LogP contribution in [-0.2, 0) is 0 Å². The Morgan fingerprint density at radius 1 is 1.42 bits per heavy atom. The number of nitrogens with zero attached hydrogens (tertiary/aromatic N) is 1. The van der Waals surface area contributed by atoms with E-state index in [4.69, 9.17) is 9.84 Å². The number of hydrogen-bond donors (Lipinski definition) is 1. The summed E-state index contributed by atoms with van der Waals surface area (Å²) < 4.78 is 40.9. The van der Waals surface area contributed by atoms with Crippen LogP contribution in [0.4, 0.5) is 13.2 Å². The summed E-state index contributed by atoms with van der Waals surface area (Å²) in [6, 6.07) is 1.58. The average molecular weight is 277 g/mol. The number of ether oxygens (including phenoxy) is 1. The van der Waals surface area contributed by atoms with Gasteiger partial charge in [-0.3, -0.25) is 0 Å². The first-order chi connectivity index (χ1) is 8.70. The lowest BCUT2D eigenvalue weighted by atomic mass is 10.1. The van der Waals surface area contributed by atoms with Crippen LogP contribution in [0.3, 0.4) is 0 Å². The van der Waals surface area contributed by atoms with Crippen molar-refractivity contribution in [2.75, 3.05) is 6.61 Å². The molecule has 1 heterocycles. The van der Waals surface area contributed by atoms with Gasteiger partial charge in [-0.05, 0) is 31.9 Å². The molecule has 0 unspecified atom stereocenters. The van der Waals surface area contributed by atoms with E-state index < -0.39 is 18.6 Å². The van der Waals surface area contributed by atoms with Gasteiger partial charge in [-0.1, -0.05) is 0 Å². The van der Waals surface area contributed by atoms with Crippen LogP contribution in [0.1, 0.15) is 34.5 Å². The molecular weight excluding hydrogens is 263 g/mol. The standard InChI is InChI=1S/C12H14F3NO3/c1-7-6-8(2)16-10(9(7)11(17)18)19-5-3-4-12(13,14)15/h6H,3-5H2,1-2H3,(H,17,18). The zero-order valence-corrected chi connectivity index (χ0v) is 10.5. The Kier molecular flexibility index (Phi) is 4.74. The van der Waals surface area contributed by atoms with Crippen molar-refractivity contribution in [3.05, 3.63) is 22.9 Å². The number of halogens is 3. The Bertz CT molecular complexity index is 472. The van der Waals surface area contributed by atoms with E-state index in [2.05, 4.69) is 4.98 Å². The summed E-state index contributed by atoms with van der Waals surface area (Å²) in [7, 11) is 0. The van der Waals surface area contributed by atoms with Gasteiger partial charge in [0.1, 0.15) is 5.56 Å². The van der Waals surface area contributed by atoms with Crippen LogP contribution >= 0.6 is 0 Å². The fraction of sp³-hybridized carbons (Fsp3) is 0.500. The largest absolute Gasteiger partial charge is 0.477 e. The molecule has 0 bridgehead atoms. The van der Waals surface area contributed by atoms with E-state index in [0.717, 1.165) is 0 Å². The van der Waals surface area contributed by atoms with Gasteiger partial charge < -0.3 is 9.84 Å². The molecule has 4 nitrogen and oxygen atoms in total. The highest BCUT2D eigenvalue weighted by Gasteiger charge is 2.26. The molecule has 0 aliphatic rings. The smallest absolute Gasteiger partial charge is 0.389 e. The molecule has 1 aromatic heterocycles.